The first-order valence-electron chi connectivity index (χ1n) is 7.42. The standard InChI is InChI=1S/C15H24N2OS.ClH/c1-11-5-8-19-15(11)9-17-13-4-2-3-12(13)14-10-18-7-6-16-14;/h5,8,12-14,16-17H,2-4,6-7,9-10H2,1H3;1H. The monoisotopic (exact) mass is 316 g/mol. The van der Waals surface area contributed by atoms with Crippen LogP contribution in [0.25, 0.3) is 0 Å². The molecule has 20 heavy (non-hydrogen) atoms. The van der Waals surface area contributed by atoms with E-state index in [1.54, 1.807) is 0 Å². The normalized spacial score (nSPS) is 30.1. The van der Waals surface area contributed by atoms with Crippen LogP contribution in [0.1, 0.15) is 29.7 Å². The summed E-state index contributed by atoms with van der Waals surface area (Å²) in [5, 5.41) is 9.61. The number of morpholine rings is 1. The Morgan fingerprint density at radius 2 is 2.35 bits per heavy atom. The molecule has 1 saturated carbocycles. The van der Waals surface area contributed by atoms with E-state index < -0.39 is 0 Å². The molecule has 0 bridgehead atoms. The predicted octanol–water partition coefficient (Wildman–Crippen LogP) is 2.73. The second-order valence-corrected chi connectivity index (χ2v) is 6.75. The summed E-state index contributed by atoms with van der Waals surface area (Å²) in [7, 11) is 0. The molecule has 0 aromatic carbocycles. The Balaban J connectivity index is 0.00000147. The van der Waals surface area contributed by atoms with Crippen LogP contribution in [-0.4, -0.2) is 31.8 Å². The largest absolute Gasteiger partial charge is 0.379 e. The van der Waals surface area contributed by atoms with Gasteiger partial charge in [-0.05, 0) is 42.7 Å². The summed E-state index contributed by atoms with van der Waals surface area (Å²) in [6.45, 7) is 6.00. The van der Waals surface area contributed by atoms with Crippen molar-refractivity contribution in [3.8, 4) is 0 Å². The van der Waals surface area contributed by atoms with Gasteiger partial charge >= 0.3 is 0 Å². The molecule has 0 spiro atoms. The molecule has 1 aromatic rings. The van der Waals surface area contributed by atoms with Gasteiger partial charge in [-0.2, -0.15) is 0 Å². The summed E-state index contributed by atoms with van der Waals surface area (Å²) in [5.41, 5.74) is 1.42. The molecule has 3 unspecified atom stereocenters. The summed E-state index contributed by atoms with van der Waals surface area (Å²) in [4.78, 5) is 1.48. The number of hydrogen-bond acceptors (Lipinski definition) is 4. The molecule has 114 valence electrons. The number of halogens is 1. The van der Waals surface area contributed by atoms with E-state index in [0.29, 0.717) is 12.1 Å². The van der Waals surface area contributed by atoms with E-state index in [4.69, 9.17) is 4.74 Å². The topological polar surface area (TPSA) is 33.3 Å². The number of nitrogens with one attached hydrogen (secondary N) is 2. The molecule has 2 heterocycles. The second kappa shape index (κ2) is 7.76. The van der Waals surface area contributed by atoms with Crippen molar-refractivity contribution in [1.82, 2.24) is 10.6 Å². The van der Waals surface area contributed by atoms with Gasteiger partial charge in [0.1, 0.15) is 0 Å². The highest BCUT2D eigenvalue weighted by Gasteiger charge is 2.34. The van der Waals surface area contributed by atoms with Gasteiger partial charge in [0.05, 0.1) is 13.2 Å². The van der Waals surface area contributed by atoms with Crippen LogP contribution < -0.4 is 10.6 Å². The van der Waals surface area contributed by atoms with Gasteiger partial charge in [0.15, 0.2) is 0 Å². The number of hydrogen-bond donors (Lipinski definition) is 2. The molecule has 1 aliphatic carbocycles. The Hall–Kier alpha value is -0.130. The maximum absolute atomic E-state index is 5.62. The van der Waals surface area contributed by atoms with Gasteiger partial charge in [0.2, 0.25) is 0 Å². The average molecular weight is 317 g/mol. The third-order valence-corrected chi connectivity index (χ3v) is 5.55. The average Bonchev–Trinajstić information content (AvgIpc) is 3.06. The first-order chi connectivity index (χ1) is 9.34. The minimum atomic E-state index is 0. The van der Waals surface area contributed by atoms with Gasteiger partial charge in [0.25, 0.3) is 0 Å². The molecular formula is C15H25ClN2OS. The lowest BCUT2D eigenvalue weighted by Gasteiger charge is -2.33. The van der Waals surface area contributed by atoms with Crippen LogP contribution >= 0.6 is 23.7 Å². The molecule has 1 aliphatic heterocycles. The fourth-order valence-corrected chi connectivity index (χ4v) is 4.25. The Morgan fingerprint density at radius 1 is 1.45 bits per heavy atom. The van der Waals surface area contributed by atoms with Crippen molar-refractivity contribution in [2.75, 3.05) is 19.8 Å². The van der Waals surface area contributed by atoms with Crippen molar-refractivity contribution in [2.45, 2.75) is 44.8 Å². The molecule has 5 heteroatoms. The molecule has 3 atom stereocenters. The van der Waals surface area contributed by atoms with Crippen molar-refractivity contribution in [3.05, 3.63) is 21.9 Å². The van der Waals surface area contributed by atoms with Crippen molar-refractivity contribution in [2.24, 2.45) is 5.92 Å². The maximum Gasteiger partial charge on any atom is 0.0623 e. The van der Waals surface area contributed by atoms with E-state index in [2.05, 4.69) is 29.0 Å². The minimum absolute atomic E-state index is 0. The zero-order valence-electron chi connectivity index (χ0n) is 12.1. The molecule has 3 nitrogen and oxygen atoms in total. The smallest absolute Gasteiger partial charge is 0.0623 e. The van der Waals surface area contributed by atoms with Crippen LogP contribution in [0.3, 0.4) is 0 Å². The highest BCUT2D eigenvalue weighted by atomic mass is 35.5. The van der Waals surface area contributed by atoms with Gasteiger partial charge in [-0.3, -0.25) is 0 Å². The van der Waals surface area contributed by atoms with Crippen molar-refractivity contribution < 1.29 is 4.74 Å². The second-order valence-electron chi connectivity index (χ2n) is 5.74. The Labute approximate surface area is 131 Å². The Kier molecular flexibility index (Phi) is 6.30. The van der Waals surface area contributed by atoms with E-state index in [1.165, 1.54) is 29.7 Å². The van der Waals surface area contributed by atoms with E-state index in [0.717, 1.165) is 32.2 Å². The third-order valence-electron chi connectivity index (χ3n) is 4.53. The predicted molar refractivity (Wildman–Crippen MR) is 86.9 cm³/mol. The highest BCUT2D eigenvalue weighted by Crippen LogP contribution is 2.30. The van der Waals surface area contributed by atoms with Gasteiger partial charge in [-0.25, -0.2) is 0 Å². The summed E-state index contributed by atoms with van der Waals surface area (Å²) >= 11 is 1.87. The van der Waals surface area contributed by atoms with Crippen LogP contribution in [0.4, 0.5) is 0 Å². The van der Waals surface area contributed by atoms with Gasteiger partial charge in [-0.1, -0.05) is 6.42 Å². The Morgan fingerprint density at radius 3 is 3.05 bits per heavy atom. The maximum atomic E-state index is 5.62. The molecule has 1 saturated heterocycles. The van der Waals surface area contributed by atoms with Gasteiger partial charge in [0, 0.05) is 30.1 Å². The Bertz CT molecular complexity index is 406. The highest BCUT2D eigenvalue weighted by molar-refractivity contribution is 7.10. The lowest BCUT2D eigenvalue weighted by Crippen LogP contribution is -2.50. The molecule has 2 N–H and O–H groups in total. The molecule has 0 radical (unpaired) electrons. The molecule has 2 fully saturated rings. The van der Waals surface area contributed by atoms with Crippen LogP contribution in [-0.2, 0) is 11.3 Å². The van der Waals surface area contributed by atoms with Crippen molar-refractivity contribution in [1.29, 1.82) is 0 Å². The summed E-state index contributed by atoms with van der Waals surface area (Å²) in [5.74, 6) is 0.737. The fraction of sp³-hybridized carbons (Fsp3) is 0.733. The quantitative estimate of drug-likeness (QED) is 0.896. The van der Waals surface area contributed by atoms with Crippen LogP contribution in [0.15, 0.2) is 11.4 Å². The first kappa shape index (κ1) is 16.2. The first-order valence-corrected chi connectivity index (χ1v) is 8.30. The number of thiophene rings is 1. The molecule has 2 aliphatic rings. The van der Waals surface area contributed by atoms with Crippen LogP contribution in [0.2, 0.25) is 0 Å². The lowest BCUT2D eigenvalue weighted by molar-refractivity contribution is 0.0524. The van der Waals surface area contributed by atoms with E-state index in [-0.39, 0.29) is 12.4 Å². The summed E-state index contributed by atoms with van der Waals surface area (Å²) in [6.07, 6.45) is 4.00. The van der Waals surface area contributed by atoms with Crippen LogP contribution in [0.5, 0.6) is 0 Å². The van der Waals surface area contributed by atoms with E-state index in [9.17, 15) is 0 Å². The number of aryl methyl sites for hydroxylation is 1. The lowest BCUT2D eigenvalue weighted by atomic mass is 9.94. The molecule has 0 amide bonds. The number of rotatable bonds is 4. The van der Waals surface area contributed by atoms with Crippen molar-refractivity contribution in [3.63, 3.8) is 0 Å². The zero-order valence-corrected chi connectivity index (χ0v) is 13.7. The molecule has 3 rings (SSSR count). The molecule has 1 aromatic heterocycles. The summed E-state index contributed by atoms with van der Waals surface area (Å²) in [6, 6.07) is 3.42. The van der Waals surface area contributed by atoms with E-state index in [1.807, 2.05) is 11.3 Å². The number of ether oxygens (including phenoxy) is 1. The fourth-order valence-electron chi connectivity index (χ4n) is 3.39. The van der Waals surface area contributed by atoms with Crippen LogP contribution in [0, 0.1) is 12.8 Å². The minimum Gasteiger partial charge on any atom is -0.379 e. The van der Waals surface area contributed by atoms with Crippen molar-refractivity contribution >= 4 is 23.7 Å². The van der Waals surface area contributed by atoms with Gasteiger partial charge in [-0.15, -0.1) is 23.7 Å². The summed E-state index contributed by atoms with van der Waals surface area (Å²) < 4.78 is 5.62. The van der Waals surface area contributed by atoms with E-state index >= 15 is 0 Å². The third kappa shape index (κ3) is 3.74. The SMILES string of the molecule is Cc1ccsc1CNC1CCCC1C1COCCN1.Cl. The molecular weight excluding hydrogens is 292 g/mol. The zero-order chi connectivity index (χ0) is 13.1. The van der Waals surface area contributed by atoms with Gasteiger partial charge < -0.3 is 15.4 Å².